The van der Waals surface area contributed by atoms with Crippen LogP contribution in [0.3, 0.4) is 0 Å². The number of pyridine rings is 1. The van der Waals surface area contributed by atoms with Gasteiger partial charge in [-0.25, -0.2) is 8.42 Å². The van der Waals surface area contributed by atoms with Crippen LogP contribution < -0.4 is 0 Å². The fourth-order valence-electron chi connectivity index (χ4n) is 2.86. The molecule has 0 radical (unpaired) electrons. The second-order valence-corrected chi connectivity index (χ2v) is 7.89. The molecule has 0 fully saturated rings. The third-order valence-corrected chi connectivity index (χ3v) is 6.29. The third-order valence-electron chi connectivity index (χ3n) is 4.09. The number of ether oxygens (including phenoxy) is 1. The monoisotopic (exact) mass is 377 g/mol. The lowest BCUT2D eigenvalue weighted by atomic mass is 10.2. The Morgan fingerprint density at radius 2 is 1.84 bits per heavy atom. The Balaban J connectivity index is 2.27. The number of rotatable bonds is 4. The number of sulfone groups is 1. The smallest absolute Gasteiger partial charge is 0.311 e. The van der Waals surface area contributed by atoms with Crippen LogP contribution in [0.5, 0.6) is 0 Å². The van der Waals surface area contributed by atoms with Gasteiger partial charge in [0.15, 0.2) is 0 Å². The van der Waals surface area contributed by atoms with E-state index in [-0.39, 0.29) is 16.2 Å². The number of hydrogen-bond donors (Lipinski definition) is 0. The molecular weight excluding hydrogens is 362 g/mol. The first-order valence-electron chi connectivity index (χ1n) is 7.52. The molecule has 0 saturated heterocycles. The molecule has 0 bridgehead atoms. The van der Waals surface area contributed by atoms with Crippen LogP contribution in [-0.2, 0) is 25.8 Å². The van der Waals surface area contributed by atoms with Gasteiger partial charge in [0.05, 0.1) is 23.9 Å². The fraction of sp³-hybridized carbons (Fsp3) is 0.167. The Bertz CT molecular complexity index is 1050. The van der Waals surface area contributed by atoms with E-state index in [0.717, 1.165) is 0 Å². The van der Waals surface area contributed by atoms with Crippen molar-refractivity contribution in [3.8, 4) is 0 Å². The van der Waals surface area contributed by atoms with Gasteiger partial charge in [-0.15, -0.1) is 0 Å². The van der Waals surface area contributed by atoms with E-state index in [9.17, 15) is 13.2 Å². The predicted octanol–water partition coefficient (Wildman–Crippen LogP) is 3.45. The highest BCUT2D eigenvalue weighted by molar-refractivity contribution is 7.91. The van der Waals surface area contributed by atoms with E-state index >= 15 is 0 Å². The number of benzene rings is 1. The zero-order valence-corrected chi connectivity index (χ0v) is 15.3. The normalized spacial score (nSPS) is 11.6. The van der Waals surface area contributed by atoms with E-state index in [0.29, 0.717) is 21.8 Å². The van der Waals surface area contributed by atoms with Gasteiger partial charge in [-0.1, -0.05) is 17.7 Å². The minimum atomic E-state index is -3.77. The molecule has 0 aliphatic heterocycles. The number of halogens is 1. The molecule has 0 saturated carbocycles. The van der Waals surface area contributed by atoms with Gasteiger partial charge in [0.25, 0.3) is 0 Å². The highest BCUT2D eigenvalue weighted by Crippen LogP contribution is 2.33. The molecule has 5 nitrogen and oxygen atoms in total. The molecule has 0 N–H and O–H groups in total. The third kappa shape index (κ3) is 3.03. The van der Waals surface area contributed by atoms with Gasteiger partial charge >= 0.3 is 5.97 Å². The summed E-state index contributed by atoms with van der Waals surface area (Å²) in [5.41, 5.74) is 1.65. The average Bonchev–Trinajstić information content (AvgIpc) is 2.88. The van der Waals surface area contributed by atoms with Crippen LogP contribution in [0, 0.1) is 6.92 Å². The van der Waals surface area contributed by atoms with Crippen LogP contribution >= 0.6 is 11.6 Å². The molecule has 0 amide bonds. The van der Waals surface area contributed by atoms with Crippen LogP contribution in [0.25, 0.3) is 5.52 Å². The number of nitrogens with zero attached hydrogens (tertiary/aromatic N) is 1. The molecule has 7 heteroatoms. The molecule has 0 aliphatic carbocycles. The molecule has 2 heterocycles. The minimum Gasteiger partial charge on any atom is -0.469 e. The number of aromatic nitrogens is 1. The molecule has 0 atom stereocenters. The number of fused-ring (bicyclic) bond motifs is 1. The summed E-state index contributed by atoms with van der Waals surface area (Å²) < 4.78 is 32.8. The van der Waals surface area contributed by atoms with Crippen LogP contribution in [0.15, 0.2) is 58.5 Å². The Morgan fingerprint density at radius 3 is 2.48 bits per heavy atom. The molecule has 2 aromatic heterocycles. The lowest BCUT2D eigenvalue weighted by molar-refractivity contribution is -0.139. The van der Waals surface area contributed by atoms with Gasteiger partial charge < -0.3 is 9.14 Å². The summed E-state index contributed by atoms with van der Waals surface area (Å²) in [5, 5.41) is 0.462. The first-order valence-corrected chi connectivity index (χ1v) is 9.38. The first-order chi connectivity index (χ1) is 11.9. The molecule has 3 rings (SSSR count). The van der Waals surface area contributed by atoms with Crippen LogP contribution in [0.1, 0.15) is 11.3 Å². The predicted molar refractivity (Wildman–Crippen MR) is 94.8 cm³/mol. The Kier molecular flexibility index (Phi) is 4.58. The number of hydrogen-bond acceptors (Lipinski definition) is 4. The minimum absolute atomic E-state index is 0.0103. The van der Waals surface area contributed by atoms with Gasteiger partial charge in [0.1, 0.15) is 4.90 Å². The van der Waals surface area contributed by atoms with Crippen molar-refractivity contribution in [3.63, 3.8) is 0 Å². The quantitative estimate of drug-likeness (QED) is 0.653. The molecular formula is C18H16ClNO4S. The summed E-state index contributed by atoms with van der Waals surface area (Å²) >= 11 is 5.86. The van der Waals surface area contributed by atoms with Crippen molar-refractivity contribution < 1.29 is 17.9 Å². The van der Waals surface area contributed by atoms with Crippen LogP contribution in [0.4, 0.5) is 0 Å². The fourth-order valence-corrected chi connectivity index (χ4v) is 4.68. The zero-order valence-electron chi connectivity index (χ0n) is 13.7. The van der Waals surface area contributed by atoms with Crippen molar-refractivity contribution in [2.75, 3.05) is 7.11 Å². The molecule has 0 aliphatic rings. The molecule has 0 unspecified atom stereocenters. The van der Waals surface area contributed by atoms with E-state index in [4.69, 9.17) is 16.3 Å². The van der Waals surface area contributed by atoms with Gasteiger partial charge in [-0.2, -0.15) is 0 Å². The van der Waals surface area contributed by atoms with Gasteiger partial charge in [-0.05, 0) is 48.9 Å². The average molecular weight is 378 g/mol. The van der Waals surface area contributed by atoms with Gasteiger partial charge in [0.2, 0.25) is 9.84 Å². The van der Waals surface area contributed by atoms with Gasteiger partial charge in [0, 0.05) is 16.9 Å². The SMILES string of the molecule is COC(=O)Cc1c(C)c(S(=O)(=O)c2ccc(Cl)cc2)c2ccccn12. The lowest BCUT2D eigenvalue weighted by Gasteiger charge is -2.05. The summed E-state index contributed by atoms with van der Waals surface area (Å²) in [7, 11) is -2.46. The van der Waals surface area contributed by atoms with Crippen molar-refractivity contribution in [1.82, 2.24) is 4.40 Å². The highest BCUT2D eigenvalue weighted by atomic mass is 35.5. The maximum absolute atomic E-state index is 13.2. The summed E-state index contributed by atoms with van der Waals surface area (Å²) in [6, 6.07) is 11.3. The van der Waals surface area contributed by atoms with E-state index in [1.54, 1.807) is 35.7 Å². The standard InChI is InChI=1S/C18H16ClNO4S/c1-12-16(11-17(21)24-2)20-10-4-3-5-15(20)18(12)25(22,23)14-8-6-13(19)7-9-14/h3-10H,11H2,1-2H3. The molecule has 25 heavy (non-hydrogen) atoms. The summed E-state index contributed by atoms with van der Waals surface area (Å²) in [6.45, 7) is 1.70. The Morgan fingerprint density at radius 1 is 1.16 bits per heavy atom. The Hall–Kier alpha value is -2.31. The number of esters is 1. The summed E-state index contributed by atoms with van der Waals surface area (Å²) in [5.74, 6) is -0.429. The molecule has 130 valence electrons. The number of methoxy groups -OCH3 is 1. The first kappa shape index (κ1) is 17.5. The van der Waals surface area contributed by atoms with E-state index < -0.39 is 15.8 Å². The van der Waals surface area contributed by atoms with Crippen molar-refractivity contribution in [3.05, 3.63) is 64.9 Å². The molecule has 0 spiro atoms. The Labute approximate surface area is 150 Å². The maximum atomic E-state index is 13.2. The van der Waals surface area contributed by atoms with Crippen molar-refractivity contribution in [2.24, 2.45) is 0 Å². The molecule has 1 aromatic carbocycles. The van der Waals surface area contributed by atoms with Crippen LogP contribution in [-0.4, -0.2) is 25.9 Å². The second kappa shape index (κ2) is 6.54. The highest BCUT2D eigenvalue weighted by Gasteiger charge is 2.28. The second-order valence-electron chi connectivity index (χ2n) is 5.57. The van der Waals surface area contributed by atoms with Crippen molar-refractivity contribution >= 4 is 32.9 Å². The van der Waals surface area contributed by atoms with E-state index in [1.807, 2.05) is 0 Å². The number of carbonyl (C=O) groups is 1. The van der Waals surface area contributed by atoms with Crippen molar-refractivity contribution in [1.29, 1.82) is 0 Å². The maximum Gasteiger partial charge on any atom is 0.311 e. The lowest BCUT2D eigenvalue weighted by Crippen LogP contribution is -2.08. The van der Waals surface area contributed by atoms with Crippen LogP contribution in [0.2, 0.25) is 5.02 Å². The van der Waals surface area contributed by atoms with Crippen molar-refractivity contribution in [2.45, 2.75) is 23.1 Å². The van der Waals surface area contributed by atoms with E-state index in [1.165, 1.54) is 31.4 Å². The summed E-state index contributed by atoms with van der Waals surface area (Å²) in [4.78, 5) is 12.1. The van der Waals surface area contributed by atoms with Gasteiger partial charge in [-0.3, -0.25) is 4.79 Å². The number of carbonyl (C=O) groups excluding carboxylic acids is 1. The summed E-state index contributed by atoms with van der Waals surface area (Å²) in [6.07, 6.45) is 1.73. The molecule has 3 aromatic rings. The van der Waals surface area contributed by atoms with E-state index in [2.05, 4.69) is 0 Å². The largest absolute Gasteiger partial charge is 0.469 e. The topological polar surface area (TPSA) is 64.9 Å². The zero-order chi connectivity index (χ0) is 18.2.